The summed E-state index contributed by atoms with van der Waals surface area (Å²) >= 11 is 5.95. The van der Waals surface area contributed by atoms with E-state index in [2.05, 4.69) is 5.32 Å². The first kappa shape index (κ1) is 13.7. The van der Waals surface area contributed by atoms with Gasteiger partial charge in [0, 0.05) is 24.5 Å². The second kappa shape index (κ2) is 5.47. The number of benzene rings is 1. The average Bonchev–Trinajstić information content (AvgIpc) is 2.70. The summed E-state index contributed by atoms with van der Waals surface area (Å²) in [6.45, 7) is 5.14. The normalized spacial score (nSPS) is 21.2. The Bertz CT molecular complexity index is 420. The van der Waals surface area contributed by atoms with Crippen LogP contribution in [0.15, 0.2) is 18.2 Å². The van der Waals surface area contributed by atoms with Crippen molar-refractivity contribution in [2.75, 3.05) is 13.1 Å². The van der Waals surface area contributed by atoms with Crippen LogP contribution in [0.25, 0.3) is 0 Å². The van der Waals surface area contributed by atoms with Crippen LogP contribution in [-0.2, 0) is 6.42 Å². The van der Waals surface area contributed by atoms with Crippen molar-refractivity contribution in [3.8, 4) is 5.75 Å². The lowest BCUT2D eigenvalue weighted by Gasteiger charge is -2.22. The topological polar surface area (TPSA) is 41.5 Å². The van der Waals surface area contributed by atoms with E-state index in [-0.39, 0.29) is 6.10 Å². The first-order valence-electron chi connectivity index (χ1n) is 6.38. The van der Waals surface area contributed by atoms with Gasteiger partial charge < -0.3 is 15.2 Å². The van der Waals surface area contributed by atoms with Crippen LogP contribution in [0.5, 0.6) is 5.75 Å². The highest BCUT2D eigenvalue weighted by atomic mass is 35.5. The van der Waals surface area contributed by atoms with E-state index in [4.69, 9.17) is 16.3 Å². The molecule has 100 valence electrons. The van der Waals surface area contributed by atoms with Crippen LogP contribution in [0.2, 0.25) is 5.02 Å². The molecule has 0 radical (unpaired) electrons. The van der Waals surface area contributed by atoms with Gasteiger partial charge in [0.2, 0.25) is 0 Å². The number of rotatable bonds is 5. The van der Waals surface area contributed by atoms with Crippen LogP contribution in [0.3, 0.4) is 0 Å². The molecule has 0 aliphatic carbocycles. The number of hydrogen-bond donors (Lipinski definition) is 2. The Kier molecular flexibility index (Phi) is 4.15. The van der Waals surface area contributed by atoms with Crippen LogP contribution >= 0.6 is 11.6 Å². The van der Waals surface area contributed by atoms with Gasteiger partial charge in [-0.15, -0.1) is 0 Å². The second-order valence-corrected chi connectivity index (χ2v) is 5.61. The van der Waals surface area contributed by atoms with Crippen LogP contribution in [0.1, 0.15) is 25.8 Å². The minimum absolute atomic E-state index is 0.131. The molecule has 2 unspecified atom stereocenters. The van der Waals surface area contributed by atoms with Crippen molar-refractivity contribution in [3.63, 3.8) is 0 Å². The first-order chi connectivity index (χ1) is 8.50. The van der Waals surface area contributed by atoms with Crippen LogP contribution in [0, 0.1) is 0 Å². The van der Waals surface area contributed by atoms with E-state index in [1.165, 1.54) is 0 Å². The molecule has 1 aliphatic rings. The molecular formula is C14H20ClNO2. The maximum absolute atomic E-state index is 9.89. The minimum atomic E-state index is -0.644. The van der Waals surface area contributed by atoms with Gasteiger partial charge >= 0.3 is 0 Å². The van der Waals surface area contributed by atoms with Crippen molar-refractivity contribution in [1.29, 1.82) is 0 Å². The Morgan fingerprint density at radius 2 is 2.33 bits per heavy atom. The molecule has 3 nitrogen and oxygen atoms in total. The highest BCUT2D eigenvalue weighted by Crippen LogP contribution is 2.30. The van der Waals surface area contributed by atoms with Crippen LogP contribution < -0.4 is 10.1 Å². The van der Waals surface area contributed by atoms with Crippen molar-refractivity contribution >= 4 is 11.6 Å². The molecule has 4 heteroatoms. The Labute approximate surface area is 113 Å². The number of halogens is 1. The average molecular weight is 270 g/mol. The Balaban J connectivity index is 1.81. The molecule has 0 bridgehead atoms. The van der Waals surface area contributed by atoms with E-state index >= 15 is 0 Å². The zero-order chi connectivity index (χ0) is 13.2. The van der Waals surface area contributed by atoms with E-state index in [1.807, 2.05) is 32.0 Å². The summed E-state index contributed by atoms with van der Waals surface area (Å²) in [5, 5.41) is 13.9. The molecule has 1 heterocycles. The smallest absolute Gasteiger partial charge is 0.123 e. The highest BCUT2D eigenvalue weighted by molar-refractivity contribution is 6.30. The van der Waals surface area contributed by atoms with Gasteiger partial charge in [0.05, 0.1) is 5.60 Å². The first-order valence-corrected chi connectivity index (χ1v) is 6.76. The van der Waals surface area contributed by atoms with Crippen molar-refractivity contribution in [3.05, 3.63) is 28.8 Å². The molecule has 1 aromatic rings. The third kappa shape index (κ3) is 3.37. The van der Waals surface area contributed by atoms with Gasteiger partial charge in [-0.1, -0.05) is 18.5 Å². The Morgan fingerprint density at radius 3 is 3.06 bits per heavy atom. The molecule has 0 spiro atoms. The molecule has 2 rings (SSSR count). The second-order valence-electron chi connectivity index (χ2n) is 5.18. The fourth-order valence-electron chi connectivity index (χ4n) is 2.03. The molecule has 1 aromatic carbocycles. The predicted molar refractivity (Wildman–Crippen MR) is 73.4 cm³/mol. The van der Waals surface area contributed by atoms with Gasteiger partial charge in [-0.3, -0.25) is 0 Å². The molecule has 0 fully saturated rings. The van der Waals surface area contributed by atoms with E-state index in [1.54, 1.807) is 0 Å². The summed E-state index contributed by atoms with van der Waals surface area (Å²) in [4.78, 5) is 0. The van der Waals surface area contributed by atoms with Crippen molar-refractivity contribution in [2.24, 2.45) is 0 Å². The molecule has 2 atom stereocenters. The predicted octanol–water partition coefficient (Wildman–Crippen LogP) is 2.39. The summed E-state index contributed by atoms with van der Waals surface area (Å²) in [5.41, 5.74) is 0.519. The molecule has 0 saturated carbocycles. The molecule has 0 aromatic heterocycles. The number of nitrogens with one attached hydrogen (secondary N) is 1. The monoisotopic (exact) mass is 269 g/mol. The largest absolute Gasteiger partial charge is 0.488 e. The molecule has 0 amide bonds. The van der Waals surface area contributed by atoms with E-state index in [9.17, 15) is 5.11 Å². The molecule has 18 heavy (non-hydrogen) atoms. The Hall–Kier alpha value is -0.770. The lowest BCUT2D eigenvalue weighted by Crippen LogP contribution is -2.41. The van der Waals surface area contributed by atoms with Gasteiger partial charge in [-0.2, -0.15) is 0 Å². The third-order valence-electron chi connectivity index (χ3n) is 3.40. The zero-order valence-electron chi connectivity index (χ0n) is 10.9. The van der Waals surface area contributed by atoms with Crippen molar-refractivity contribution < 1.29 is 9.84 Å². The molecule has 0 saturated heterocycles. The van der Waals surface area contributed by atoms with E-state index < -0.39 is 5.60 Å². The van der Waals surface area contributed by atoms with Gasteiger partial charge in [0.15, 0.2) is 0 Å². The van der Waals surface area contributed by atoms with Gasteiger partial charge in [-0.05, 0) is 37.1 Å². The van der Waals surface area contributed by atoms with Gasteiger partial charge in [0.1, 0.15) is 11.9 Å². The van der Waals surface area contributed by atoms with Gasteiger partial charge in [-0.25, -0.2) is 0 Å². The van der Waals surface area contributed by atoms with Crippen LogP contribution in [0.4, 0.5) is 0 Å². The number of ether oxygens (including phenoxy) is 1. The maximum atomic E-state index is 9.89. The highest BCUT2D eigenvalue weighted by Gasteiger charge is 2.24. The lowest BCUT2D eigenvalue weighted by atomic mass is 10.0. The number of aliphatic hydroxyl groups is 1. The zero-order valence-corrected chi connectivity index (χ0v) is 11.6. The summed E-state index contributed by atoms with van der Waals surface area (Å²) in [6.07, 6.45) is 1.74. The SMILES string of the molecule is CCC(C)(O)CNCC1Cc2cc(Cl)ccc2O1. The quantitative estimate of drug-likeness (QED) is 0.863. The molecule has 2 N–H and O–H groups in total. The molecule has 1 aliphatic heterocycles. The van der Waals surface area contributed by atoms with E-state index in [0.717, 1.165) is 35.7 Å². The van der Waals surface area contributed by atoms with Crippen molar-refractivity contribution in [2.45, 2.75) is 38.4 Å². The fourth-order valence-corrected chi connectivity index (χ4v) is 2.22. The minimum Gasteiger partial charge on any atom is -0.488 e. The standard InChI is InChI=1S/C14H20ClNO2/c1-3-14(2,17)9-16-8-12-7-10-6-11(15)4-5-13(10)18-12/h4-6,12,16-17H,3,7-9H2,1-2H3. The molecular weight excluding hydrogens is 250 g/mol. The lowest BCUT2D eigenvalue weighted by molar-refractivity contribution is 0.0534. The maximum Gasteiger partial charge on any atom is 0.123 e. The number of fused-ring (bicyclic) bond motifs is 1. The number of hydrogen-bond acceptors (Lipinski definition) is 3. The summed E-state index contributed by atoms with van der Waals surface area (Å²) in [5.74, 6) is 0.924. The summed E-state index contributed by atoms with van der Waals surface area (Å²) in [7, 11) is 0. The fraction of sp³-hybridized carbons (Fsp3) is 0.571. The van der Waals surface area contributed by atoms with Gasteiger partial charge in [0.25, 0.3) is 0 Å². The van der Waals surface area contributed by atoms with E-state index in [0.29, 0.717) is 6.54 Å². The van der Waals surface area contributed by atoms with Crippen molar-refractivity contribution in [1.82, 2.24) is 5.32 Å². The summed E-state index contributed by atoms with van der Waals surface area (Å²) in [6, 6.07) is 5.72. The van der Waals surface area contributed by atoms with Crippen LogP contribution in [-0.4, -0.2) is 29.9 Å². The Morgan fingerprint density at radius 1 is 1.56 bits per heavy atom. The third-order valence-corrected chi connectivity index (χ3v) is 3.64. The summed E-state index contributed by atoms with van der Waals surface area (Å²) < 4.78 is 5.81.